The summed E-state index contributed by atoms with van der Waals surface area (Å²) in [5, 5.41) is 2.57. The first kappa shape index (κ1) is 26.0. The van der Waals surface area contributed by atoms with Crippen LogP contribution >= 0.6 is 0 Å². The molecule has 3 aromatic rings. The SMILES string of the molecule is COc1ccc(CN(CC(C)C)C(=O)Nc2ccccc2F)cc1OS(=O)(=O)c1ccc(F)cc1. The number of hydrogen-bond acceptors (Lipinski definition) is 5. The Bertz CT molecular complexity index is 1280. The fraction of sp³-hybridized carbons (Fsp3) is 0.240. The zero-order valence-electron chi connectivity index (χ0n) is 19.5. The fourth-order valence-electron chi connectivity index (χ4n) is 3.29. The summed E-state index contributed by atoms with van der Waals surface area (Å²) in [6.07, 6.45) is 0. The van der Waals surface area contributed by atoms with Crippen molar-refractivity contribution in [1.29, 1.82) is 0 Å². The monoisotopic (exact) mass is 504 g/mol. The molecule has 0 aliphatic carbocycles. The Balaban J connectivity index is 1.85. The second-order valence-corrected chi connectivity index (χ2v) is 9.71. The third-order valence-corrected chi connectivity index (χ3v) is 6.14. The number of halogens is 2. The number of nitrogens with one attached hydrogen (secondary N) is 1. The Morgan fingerprint density at radius 3 is 2.31 bits per heavy atom. The van der Waals surface area contributed by atoms with Gasteiger partial charge < -0.3 is 19.1 Å². The van der Waals surface area contributed by atoms with Gasteiger partial charge in [-0.25, -0.2) is 13.6 Å². The van der Waals surface area contributed by atoms with E-state index in [0.717, 1.165) is 24.3 Å². The maximum atomic E-state index is 14.0. The average Bonchev–Trinajstić information content (AvgIpc) is 2.80. The Hall–Kier alpha value is -3.66. The second-order valence-electron chi connectivity index (χ2n) is 8.16. The molecule has 186 valence electrons. The van der Waals surface area contributed by atoms with Crippen LogP contribution < -0.4 is 14.2 Å². The highest BCUT2D eigenvalue weighted by Gasteiger charge is 2.22. The van der Waals surface area contributed by atoms with Crippen molar-refractivity contribution in [3.05, 3.63) is 83.9 Å². The minimum Gasteiger partial charge on any atom is -0.493 e. The molecule has 1 N–H and O–H groups in total. The molecule has 0 aromatic heterocycles. The summed E-state index contributed by atoms with van der Waals surface area (Å²) in [5.74, 6) is -0.966. The highest BCUT2D eigenvalue weighted by molar-refractivity contribution is 7.87. The summed E-state index contributed by atoms with van der Waals surface area (Å²) in [6.45, 7) is 4.31. The molecule has 35 heavy (non-hydrogen) atoms. The van der Waals surface area contributed by atoms with Crippen molar-refractivity contribution in [2.45, 2.75) is 25.3 Å². The lowest BCUT2D eigenvalue weighted by atomic mass is 10.1. The largest absolute Gasteiger partial charge is 0.493 e. The molecule has 0 atom stereocenters. The standard InChI is InChI=1S/C25H26F2N2O5S/c1-17(2)15-29(25(30)28-22-7-5-4-6-21(22)27)16-18-8-13-23(33-3)24(14-18)34-35(31,32)20-11-9-19(26)10-12-20/h4-14,17H,15-16H2,1-3H3,(H,28,30). The van der Waals surface area contributed by atoms with E-state index in [-0.39, 0.29) is 34.5 Å². The van der Waals surface area contributed by atoms with E-state index in [4.69, 9.17) is 8.92 Å². The fourth-order valence-corrected chi connectivity index (χ4v) is 4.22. The summed E-state index contributed by atoms with van der Waals surface area (Å²) < 4.78 is 63.1. The molecule has 7 nitrogen and oxygen atoms in total. The quantitative estimate of drug-likeness (QED) is 0.393. The Labute approximate surface area is 203 Å². The molecule has 0 heterocycles. The lowest BCUT2D eigenvalue weighted by molar-refractivity contribution is 0.201. The molecule has 3 rings (SSSR count). The van der Waals surface area contributed by atoms with Gasteiger partial charge in [0.15, 0.2) is 11.5 Å². The third-order valence-electron chi connectivity index (χ3n) is 4.89. The molecule has 10 heteroatoms. The number of para-hydroxylation sites is 1. The van der Waals surface area contributed by atoms with Gasteiger partial charge in [-0.3, -0.25) is 0 Å². The van der Waals surface area contributed by atoms with Gasteiger partial charge in [0, 0.05) is 13.1 Å². The summed E-state index contributed by atoms with van der Waals surface area (Å²) in [7, 11) is -2.91. The topological polar surface area (TPSA) is 84.9 Å². The number of amides is 2. The van der Waals surface area contributed by atoms with Gasteiger partial charge in [-0.2, -0.15) is 8.42 Å². The van der Waals surface area contributed by atoms with Gasteiger partial charge in [-0.05, 0) is 60.0 Å². The first-order chi connectivity index (χ1) is 16.6. The van der Waals surface area contributed by atoms with Crippen molar-refractivity contribution in [2.24, 2.45) is 5.92 Å². The summed E-state index contributed by atoms with van der Waals surface area (Å²) in [5.41, 5.74) is 0.606. The summed E-state index contributed by atoms with van der Waals surface area (Å²) in [4.78, 5) is 14.2. The minimum atomic E-state index is -4.27. The van der Waals surface area contributed by atoms with E-state index in [9.17, 15) is 22.0 Å². The predicted octanol–water partition coefficient (Wildman–Crippen LogP) is 5.43. The molecule has 0 bridgehead atoms. The van der Waals surface area contributed by atoms with Crippen LogP contribution in [0.5, 0.6) is 11.5 Å². The first-order valence-corrected chi connectivity index (χ1v) is 12.2. The molecular weight excluding hydrogens is 478 g/mol. The Morgan fingerprint density at radius 2 is 1.69 bits per heavy atom. The second kappa shape index (κ2) is 11.2. The van der Waals surface area contributed by atoms with E-state index in [0.29, 0.717) is 12.1 Å². The molecule has 2 amide bonds. The van der Waals surface area contributed by atoms with Crippen LogP contribution in [-0.2, 0) is 16.7 Å². The van der Waals surface area contributed by atoms with Crippen molar-refractivity contribution in [3.63, 3.8) is 0 Å². The number of carbonyl (C=O) groups is 1. The van der Waals surface area contributed by atoms with Crippen molar-refractivity contribution < 1.29 is 30.9 Å². The van der Waals surface area contributed by atoms with Gasteiger partial charge >= 0.3 is 16.1 Å². The van der Waals surface area contributed by atoms with E-state index in [1.807, 2.05) is 13.8 Å². The number of anilines is 1. The highest BCUT2D eigenvalue weighted by Crippen LogP contribution is 2.31. The zero-order valence-corrected chi connectivity index (χ0v) is 20.3. The summed E-state index contributed by atoms with van der Waals surface area (Å²) in [6, 6.07) is 14.2. The molecule has 0 saturated carbocycles. The number of hydrogen-bond donors (Lipinski definition) is 1. The maximum Gasteiger partial charge on any atom is 0.339 e. The normalized spacial score (nSPS) is 11.3. The molecule has 0 unspecified atom stereocenters. The van der Waals surface area contributed by atoms with Crippen LogP contribution in [0.25, 0.3) is 0 Å². The average molecular weight is 505 g/mol. The predicted molar refractivity (Wildman–Crippen MR) is 128 cm³/mol. The third kappa shape index (κ3) is 6.92. The molecule has 0 fully saturated rings. The van der Waals surface area contributed by atoms with Crippen LogP contribution in [0.1, 0.15) is 19.4 Å². The van der Waals surface area contributed by atoms with Crippen molar-refractivity contribution in [2.75, 3.05) is 19.0 Å². The van der Waals surface area contributed by atoms with Gasteiger partial charge in [-0.1, -0.05) is 32.0 Å². The van der Waals surface area contributed by atoms with Crippen LogP contribution in [0.15, 0.2) is 71.6 Å². The number of rotatable bonds is 9. The molecule has 0 radical (unpaired) electrons. The van der Waals surface area contributed by atoms with Gasteiger partial charge in [-0.15, -0.1) is 0 Å². The Morgan fingerprint density at radius 1 is 1.00 bits per heavy atom. The number of ether oxygens (including phenoxy) is 1. The molecule has 0 spiro atoms. The van der Waals surface area contributed by atoms with Crippen LogP contribution in [0.3, 0.4) is 0 Å². The minimum absolute atomic E-state index is 0.0513. The van der Waals surface area contributed by atoms with Gasteiger partial charge in [0.1, 0.15) is 16.5 Å². The van der Waals surface area contributed by atoms with Crippen molar-refractivity contribution in [3.8, 4) is 11.5 Å². The van der Waals surface area contributed by atoms with Crippen molar-refractivity contribution in [1.82, 2.24) is 4.90 Å². The maximum absolute atomic E-state index is 14.0. The van der Waals surface area contributed by atoms with E-state index in [1.165, 1.54) is 42.3 Å². The number of methoxy groups -OCH3 is 1. The van der Waals surface area contributed by atoms with Gasteiger partial charge in [0.25, 0.3) is 0 Å². The lowest BCUT2D eigenvalue weighted by Crippen LogP contribution is -2.37. The van der Waals surface area contributed by atoms with Crippen LogP contribution in [0, 0.1) is 17.6 Å². The molecular formula is C25H26F2N2O5S. The van der Waals surface area contributed by atoms with E-state index in [2.05, 4.69) is 5.32 Å². The molecule has 0 saturated heterocycles. The number of benzene rings is 3. The lowest BCUT2D eigenvalue weighted by Gasteiger charge is -2.25. The van der Waals surface area contributed by atoms with E-state index >= 15 is 0 Å². The van der Waals surface area contributed by atoms with Crippen LogP contribution in [0.4, 0.5) is 19.3 Å². The van der Waals surface area contributed by atoms with Crippen molar-refractivity contribution >= 4 is 21.8 Å². The molecule has 0 aliphatic heterocycles. The van der Waals surface area contributed by atoms with E-state index < -0.39 is 27.8 Å². The smallest absolute Gasteiger partial charge is 0.339 e. The van der Waals surface area contributed by atoms with Gasteiger partial charge in [0.2, 0.25) is 0 Å². The van der Waals surface area contributed by atoms with Gasteiger partial charge in [0.05, 0.1) is 12.8 Å². The first-order valence-electron chi connectivity index (χ1n) is 10.8. The highest BCUT2D eigenvalue weighted by atomic mass is 32.2. The number of urea groups is 1. The number of nitrogens with zero attached hydrogens (tertiary/aromatic N) is 1. The molecule has 3 aromatic carbocycles. The van der Waals surface area contributed by atoms with Crippen LogP contribution in [-0.4, -0.2) is 33.0 Å². The van der Waals surface area contributed by atoms with E-state index in [1.54, 1.807) is 12.1 Å². The van der Waals surface area contributed by atoms with Crippen LogP contribution in [0.2, 0.25) is 0 Å². The Kier molecular flexibility index (Phi) is 8.29. The summed E-state index contributed by atoms with van der Waals surface area (Å²) >= 11 is 0. The molecule has 0 aliphatic rings. The number of carbonyl (C=O) groups excluding carboxylic acids is 1. The zero-order chi connectivity index (χ0) is 25.6.